The average molecular weight is 182 g/mol. The zero-order valence-corrected chi connectivity index (χ0v) is 7.55. The smallest absolute Gasteiger partial charge is 0.0927 e. The zero-order chi connectivity index (χ0) is 9.68. The molecule has 1 rings (SSSR count). The lowest BCUT2D eigenvalue weighted by molar-refractivity contribution is -0.278. The Kier molecular flexibility index (Phi) is 3.89. The summed E-state index contributed by atoms with van der Waals surface area (Å²) in [5, 5.41) is 18.0. The Morgan fingerprint density at radius 3 is 2.46 bits per heavy atom. The minimum atomic E-state index is -0.580. The van der Waals surface area contributed by atoms with Gasteiger partial charge in [0.05, 0.1) is 12.2 Å². The predicted molar refractivity (Wildman–Crippen MR) is 49.2 cm³/mol. The van der Waals surface area contributed by atoms with Crippen LogP contribution in [-0.2, 0) is 4.89 Å². The molecule has 1 aromatic carbocycles. The highest BCUT2D eigenvalue weighted by Gasteiger charge is 2.11. The van der Waals surface area contributed by atoms with Crippen molar-refractivity contribution in [1.29, 1.82) is 0 Å². The van der Waals surface area contributed by atoms with Crippen LogP contribution in [-0.4, -0.2) is 16.5 Å². The minimum absolute atomic E-state index is 0.352. The van der Waals surface area contributed by atoms with E-state index in [1.165, 1.54) is 0 Å². The number of aliphatic hydroxyl groups excluding tert-OH is 1. The van der Waals surface area contributed by atoms with Crippen LogP contribution < -0.4 is 0 Å². The van der Waals surface area contributed by atoms with Gasteiger partial charge in [0.2, 0.25) is 0 Å². The van der Waals surface area contributed by atoms with Gasteiger partial charge in [-0.25, -0.2) is 4.89 Å². The lowest BCUT2D eigenvalue weighted by Gasteiger charge is -2.13. The fraction of sp³-hybridized carbons (Fsp3) is 0.400. The molecule has 0 aliphatic heterocycles. The van der Waals surface area contributed by atoms with E-state index in [2.05, 4.69) is 4.89 Å². The van der Waals surface area contributed by atoms with Crippen LogP contribution in [0.25, 0.3) is 0 Å². The molecule has 0 heterocycles. The quantitative estimate of drug-likeness (QED) is 0.553. The molecular weight excluding hydrogens is 168 g/mol. The number of rotatable bonds is 4. The summed E-state index contributed by atoms with van der Waals surface area (Å²) in [4.78, 5) is 4.08. The largest absolute Gasteiger partial charge is 0.388 e. The summed E-state index contributed by atoms with van der Waals surface area (Å²) in [7, 11) is 0. The van der Waals surface area contributed by atoms with E-state index in [1.54, 1.807) is 6.92 Å². The maximum absolute atomic E-state index is 9.63. The molecule has 2 unspecified atom stereocenters. The van der Waals surface area contributed by atoms with Crippen molar-refractivity contribution in [2.24, 2.45) is 0 Å². The molecule has 13 heavy (non-hydrogen) atoms. The van der Waals surface area contributed by atoms with Gasteiger partial charge in [-0.1, -0.05) is 30.3 Å². The van der Waals surface area contributed by atoms with E-state index in [9.17, 15) is 5.11 Å². The molecule has 0 saturated heterocycles. The Hall–Kier alpha value is -0.900. The van der Waals surface area contributed by atoms with Crippen LogP contribution in [0.3, 0.4) is 0 Å². The normalized spacial score (nSPS) is 15.3. The van der Waals surface area contributed by atoms with Crippen molar-refractivity contribution < 1.29 is 15.3 Å². The number of benzene rings is 1. The Bertz CT molecular complexity index is 235. The Labute approximate surface area is 77.5 Å². The fourth-order valence-electron chi connectivity index (χ4n) is 1.17. The summed E-state index contributed by atoms with van der Waals surface area (Å²) >= 11 is 0. The van der Waals surface area contributed by atoms with Crippen LogP contribution in [0.4, 0.5) is 0 Å². The zero-order valence-electron chi connectivity index (χ0n) is 7.55. The first-order valence-corrected chi connectivity index (χ1v) is 4.27. The van der Waals surface area contributed by atoms with Gasteiger partial charge in [-0.3, -0.25) is 5.26 Å². The molecular formula is C10H14O3. The molecule has 2 N–H and O–H groups in total. The highest BCUT2D eigenvalue weighted by Crippen LogP contribution is 2.18. The van der Waals surface area contributed by atoms with Crippen molar-refractivity contribution >= 4 is 0 Å². The van der Waals surface area contributed by atoms with Crippen molar-refractivity contribution in [3.63, 3.8) is 0 Å². The van der Waals surface area contributed by atoms with E-state index in [4.69, 9.17) is 5.26 Å². The minimum Gasteiger partial charge on any atom is -0.388 e. The van der Waals surface area contributed by atoms with E-state index in [-0.39, 0.29) is 6.10 Å². The number of aliphatic hydroxyl groups is 1. The average Bonchev–Trinajstić information content (AvgIpc) is 2.19. The predicted octanol–water partition coefficient (Wildman–Crippen LogP) is 1.99. The molecule has 0 saturated carbocycles. The summed E-state index contributed by atoms with van der Waals surface area (Å²) in [6.07, 6.45) is -0.542. The van der Waals surface area contributed by atoms with Gasteiger partial charge in [0, 0.05) is 6.42 Å². The summed E-state index contributed by atoms with van der Waals surface area (Å²) < 4.78 is 0. The highest BCUT2D eigenvalue weighted by molar-refractivity contribution is 5.17. The molecule has 3 heteroatoms. The second-order valence-corrected chi connectivity index (χ2v) is 3.08. The lowest BCUT2D eigenvalue weighted by Crippen LogP contribution is -2.11. The number of hydrogen-bond donors (Lipinski definition) is 2. The first-order chi connectivity index (χ1) is 6.24. The summed E-state index contributed by atoms with van der Waals surface area (Å²) in [5.74, 6) is 0. The molecule has 3 nitrogen and oxygen atoms in total. The lowest BCUT2D eigenvalue weighted by atomic mass is 10.0. The van der Waals surface area contributed by atoms with Crippen molar-refractivity contribution in [2.75, 3.05) is 0 Å². The van der Waals surface area contributed by atoms with Crippen molar-refractivity contribution in [1.82, 2.24) is 0 Å². The van der Waals surface area contributed by atoms with Crippen LogP contribution in [0.1, 0.15) is 25.0 Å². The van der Waals surface area contributed by atoms with E-state index >= 15 is 0 Å². The molecule has 0 fully saturated rings. The van der Waals surface area contributed by atoms with E-state index in [0.29, 0.717) is 6.42 Å². The van der Waals surface area contributed by atoms with Crippen molar-refractivity contribution in [3.8, 4) is 0 Å². The van der Waals surface area contributed by atoms with Gasteiger partial charge in [-0.15, -0.1) is 0 Å². The third-order valence-corrected chi connectivity index (χ3v) is 1.92. The monoisotopic (exact) mass is 182 g/mol. The third kappa shape index (κ3) is 3.14. The first-order valence-electron chi connectivity index (χ1n) is 4.27. The van der Waals surface area contributed by atoms with Gasteiger partial charge >= 0.3 is 0 Å². The van der Waals surface area contributed by atoms with E-state index < -0.39 is 6.10 Å². The fourth-order valence-corrected chi connectivity index (χ4v) is 1.17. The standard InChI is InChI=1S/C10H14O3/c1-8(13-12)7-10(11)9-5-3-2-4-6-9/h2-6,8,10-12H,7H2,1H3. The van der Waals surface area contributed by atoms with Crippen LogP contribution in [0, 0.1) is 0 Å². The van der Waals surface area contributed by atoms with Crippen LogP contribution in [0.2, 0.25) is 0 Å². The number of hydrogen-bond acceptors (Lipinski definition) is 3. The second kappa shape index (κ2) is 4.97. The third-order valence-electron chi connectivity index (χ3n) is 1.92. The SMILES string of the molecule is CC(CC(O)c1ccccc1)OO. The molecule has 0 amide bonds. The van der Waals surface area contributed by atoms with Gasteiger partial charge in [0.15, 0.2) is 0 Å². The maximum Gasteiger partial charge on any atom is 0.0927 e. The molecule has 0 bridgehead atoms. The Morgan fingerprint density at radius 1 is 1.31 bits per heavy atom. The molecule has 0 aromatic heterocycles. The summed E-state index contributed by atoms with van der Waals surface area (Å²) in [6, 6.07) is 9.30. The Morgan fingerprint density at radius 2 is 1.92 bits per heavy atom. The van der Waals surface area contributed by atoms with Crippen molar-refractivity contribution in [2.45, 2.75) is 25.6 Å². The van der Waals surface area contributed by atoms with Crippen LogP contribution in [0.5, 0.6) is 0 Å². The Balaban J connectivity index is 2.53. The van der Waals surface area contributed by atoms with E-state index in [0.717, 1.165) is 5.56 Å². The van der Waals surface area contributed by atoms with Crippen LogP contribution in [0.15, 0.2) is 30.3 Å². The van der Waals surface area contributed by atoms with E-state index in [1.807, 2.05) is 30.3 Å². The molecule has 0 aliphatic carbocycles. The summed E-state index contributed by atoms with van der Waals surface area (Å²) in [6.45, 7) is 1.70. The molecule has 0 aliphatic rings. The first kappa shape index (κ1) is 10.2. The molecule has 1 aromatic rings. The van der Waals surface area contributed by atoms with Gasteiger partial charge in [0.25, 0.3) is 0 Å². The van der Waals surface area contributed by atoms with Gasteiger partial charge in [0.1, 0.15) is 0 Å². The van der Waals surface area contributed by atoms with Crippen molar-refractivity contribution in [3.05, 3.63) is 35.9 Å². The molecule has 0 spiro atoms. The topological polar surface area (TPSA) is 49.7 Å². The van der Waals surface area contributed by atoms with Gasteiger partial charge < -0.3 is 5.11 Å². The maximum atomic E-state index is 9.63. The molecule has 2 atom stereocenters. The molecule has 72 valence electrons. The second-order valence-electron chi connectivity index (χ2n) is 3.08. The van der Waals surface area contributed by atoms with Gasteiger partial charge in [-0.2, -0.15) is 0 Å². The van der Waals surface area contributed by atoms with Crippen LogP contribution >= 0.6 is 0 Å². The molecule has 0 radical (unpaired) electrons. The highest BCUT2D eigenvalue weighted by atomic mass is 17.1. The van der Waals surface area contributed by atoms with Gasteiger partial charge in [-0.05, 0) is 12.5 Å². The summed E-state index contributed by atoms with van der Waals surface area (Å²) in [5.41, 5.74) is 0.839.